The maximum absolute atomic E-state index is 12.8. The van der Waals surface area contributed by atoms with Gasteiger partial charge in [0.25, 0.3) is 5.91 Å². The third kappa shape index (κ3) is 4.85. The van der Waals surface area contributed by atoms with Gasteiger partial charge in [0.05, 0.1) is 18.8 Å². The summed E-state index contributed by atoms with van der Waals surface area (Å²) in [4.78, 5) is 14.6. The summed E-state index contributed by atoms with van der Waals surface area (Å²) in [6.45, 7) is 6.85. The highest BCUT2D eigenvalue weighted by atomic mass is 16.6. The number of allylic oxidation sites excluding steroid dienone is 1. The molecule has 0 aromatic heterocycles. The first-order valence-corrected chi connectivity index (χ1v) is 8.04. The van der Waals surface area contributed by atoms with E-state index in [4.69, 9.17) is 4.74 Å². The number of rotatable bonds is 9. The van der Waals surface area contributed by atoms with Crippen LogP contribution in [0.25, 0.3) is 0 Å². The average Bonchev–Trinajstić information content (AvgIpc) is 3.37. The molecule has 0 radical (unpaired) electrons. The van der Waals surface area contributed by atoms with E-state index >= 15 is 0 Å². The molecule has 1 heterocycles. The Balaban J connectivity index is 2.13. The third-order valence-electron chi connectivity index (χ3n) is 3.78. The molecule has 0 bridgehead atoms. The summed E-state index contributed by atoms with van der Waals surface area (Å²) in [6.07, 6.45) is 10.2. The largest absolute Gasteiger partial charge is 0.373 e. The fourth-order valence-electron chi connectivity index (χ4n) is 2.37. The minimum absolute atomic E-state index is 0.0129. The number of hydrogen-bond acceptors (Lipinski definition) is 2. The van der Waals surface area contributed by atoms with Crippen LogP contribution in [-0.4, -0.2) is 29.6 Å². The highest BCUT2D eigenvalue weighted by Crippen LogP contribution is 2.21. The Labute approximate surface area is 133 Å². The van der Waals surface area contributed by atoms with Crippen molar-refractivity contribution in [2.45, 2.75) is 44.8 Å². The van der Waals surface area contributed by atoms with Gasteiger partial charge in [0.2, 0.25) is 0 Å². The van der Waals surface area contributed by atoms with Crippen LogP contribution >= 0.6 is 0 Å². The van der Waals surface area contributed by atoms with Crippen molar-refractivity contribution in [3.63, 3.8) is 0 Å². The van der Waals surface area contributed by atoms with Crippen molar-refractivity contribution in [1.29, 1.82) is 0 Å². The first-order valence-electron chi connectivity index (χ1n) is 8.04. The average molecular weight is 299 g/mol. The van der Waals surface area contributed by atoms with E-state index in [0.717, 1.165) is 32.3 Å². The molecule has 2 atom stereocenters. The summed E-state index contributed by atoms with van der Waals surface area (Å²) in [5.41, 5.74) is 0.700. The maximum atomic E-state index is 12.8. The van der Waals surface area contributed by atoms with E-state index < -0.39 is 0 Å². The Morgan fingerprint density at radius 2 is 2.18 bits per heavy atom. The molecule has 1 aromatic carbocycles. The first kappa shape index (κ1) is 16.5. The van der Waals surface area contributed by atoms with Crippen LogP contribution in [-0.2, 0) is 4.74 Å². The minimum atomic E-state index is -0.0296. The van der Waals surface area contributed by atoms with E-state index in [2.05, 4.69) is 19.6 Å². The van der Waals surface area contributed by atoms with Gasteiger partial charge in [-0.2, -0.15) is 0 Å². The number of unbranched alkanes of at least 4 members (excludes halogenated alkanes) is 2. The number of amides is 1. The van der Waals surface area contributed by atoms with Crippen molar-refractivity contribution in [2.75, 3.05) is 6.61 Å². The van der Waals surface area contributed by atoms with Gasteiger partial charge in [0.15, 0.2) is 0 Å². The molecule has 1 aliphatic rings. The van der Waals surface area contributed by atoms with Crippen LogP contribution in [0, 0.1) is 0 Å². The van der Waals surface area contributed by atoms with Crippen molar-refractivity contribution in [2.24, 2.45) is 0 Å². The van der Waals surface area contributed by atoms with E-state index in [1.807, 2.05) is 42.6 Å². The van der Waals surface area contributed by atoms with Crippen LogP contribution < -0.4 is 0 Å². The summed E-state index contributed by atoms with van der Waals surface area (Å²) >= 11 is 0. The summed E-state index contributed by atoms with van der Waals surface area (Å²) in [7, 11) is 0. The van der Waals surface area contributed by atoms with Crippen molar-refractivity contribution >= 4 is 5.91 Å². The molecule has 0 spiro atoms. The monoisotopic (exact) mass is 299 g/mol. The fourth-order valence-corrected chi connectivity index (χ4v) is 2.37. The van der Waals surface area contributed by atoms with E-state index in [1.165, 1.54) is 0 Å². The smallest absolute Gasteiger partial charge is 0.258 e. The van der Waals surface area contributed by atoms with E-state index in [-0.39, 0.29) is 18.1 Å². The van der Waals surface area contributed by atoms with Gasteiger partial charge in [0.1, 0.15) is 0 Å². The third-order valence-corrected chi connectivity index (χ3v) is 3.78. The summed E-state index contributed by atoms with van der Waals surface area (Å²) in [6, 6.07) is 9.36. The number of carbonyl (C=O) groups is 1. The highest BCUT2D eigenvalue weighted by molar-refractivity contribution is 5.95. The summed E-state index contributed by atoms with van der Waals surface area (Å²) in [5.74, 6) is 0.0129. The number of hydrogen-bond donors (Lipinski definition) is 0. The second-order valence-corrected chi connectivity index (χ2v) is 5.60. The zero-order valence-electron chi connectivity index (χ0n) is 13.3. The topological polar surface area (TPSA) is 32.8 Å². The van der Waals surface area contributed by atoms with Gasteiger partial charge in [-0.05, 0) is 18.6 Å². The molecule has 0 N–H and O–H groups in total. The number of ether oxygens (including phenoxy) is 1. The van der Waals surface area contributed by atoms with Gasteiger partial charge in [-0.15, -0.1) is 6.58 Å². The van der Waals surface area contributed by atoms with Crippen LogP contribution in [0.1, 0.15) is 43.0 Å². The minimum Gasteiger partial charge on any atom is -0.373 e. The van der Waals surface area contributed by atoms with E-state index in [1.54, 1.807) is 4.90 Å². The molecule has 1 saturated heterocycles. The van der Waals surface area contributed by atoms with E-state index in [0.29, 0.717) is 5.56 Å². The van der Waals surface area contributed by atoms with Crippen molar-refractivity contribution in [3.8, 4) is 0 Å². The lowest BCUT2D eigenvalue weighted by Crippen LogP contribution is -2.35. The number of epoxide rings is 1. The van der Waals surface area contributed by atoms with Crippen molar-refractivity contribution < 1.29 is 9.53 Å². The Bertz CT molecular complexity index is 505. The molecule has 1 amide bonds. The highest BCUT2D eigenvalue weighted by Gasteiger charge is 2.30. The first-order chi connectivity index (χ1) is 10.8. The Morgan fingerprint density at radius 3 is 2.77 bits per heavy atom. The van der Waals surface area contributed by atoms with Gasteiger partial charge >= 0.3 is 0 Å². The molecule has 0 saturated carbocycles. The second kappa shape index (κ2) is 8.54. The van der Waals surface area contributed by atoms with Gasteiger partial charge in [0, 0.05) is 18.2 Å². The van der Waals surface area contributed by atoms with Gasteiger partial charge < -0.3 is 9.64 Å². The lowest BCUT2D eigenvalue weighted by atomic mass is 10.1. The Morgan fingerprint density at radius 1 is 1.45 bits per heavy atom. The van der Waals surface area contributed by atoms with Crippen LogP contribution in [0.15, 0.2) is 55.3 Å². The molecule has 2 unspecified atom stereocenters. The zero-order valence-corrected chi connectivity index (χ0v) is 13.3. The van der Waals surface area contributed by atoms with Crippen LogP contribution in [0.5, 0.6) is 0 Å². The fraction of sp³-hybridized carbons (Fsp3) is 0.421. The van der Waals surface area contributed by atoms with Gasteiger partial charge in [-0.1, -0.05) is 50.1 Å². The standard InChI is InChI=1S/C19H25NO2/c1-3-5-6-10-13-20(17(4-2)14-18-15-22-18)19(21)16-11-8-7-9-12-16/h4,7-13,17-18H,2-3,5-6,14-15H2,1H3/b13-10+. The maximum Gasteiger partial charge on any atom is 0.258 e. The molecule has 1 aliphatic heterocycles. The Hall–Kier alpha value is -1.87. The molecule has 118 valence electrons. The van der Waals surface area contributed by atoms with E-state index in [9.17, 15) is 4.79 Å². The van der Waals surface area contributed by atoms with Crippen molar-refractivity contribution in [3.05, 3.63) is 60.8 Å². The van der Waals surface area contributed by atoms with Crippen LogP contribution in [0.2, 0.25) is 0 Å². The molecule has 3 nitrogen and oxygen atoms in total. The molecular formula is C19H25NO2. The van der Waals surface area contributed by atoms with Crippen LogP contribution in [0.4, 0.5) is 0 Å². The normalized spacial score (nSPS) is 18.1. The van der Waals surface area contributed by atoms with Gasteiger partial charge in [-0.3, -0.25) is 4.79 Å². The van der Waals surface area contributed by atoms with Gasteiger partial charge in [-0.25, -0.2) is 0 Å². The predicted octanol–water partition coefficient (Wildman–Crippen LogP) is 4.18. The Kier molecular flexibility index (Phi) is 6.41. The molecule has 2 rings (SSSR count). The second-order valence-electron chi connectivity index (χ2n) is 5.60. The number of nitrogens with zero attached hydrogens (tertiary/aromatic N) is 1. The molecule has 22 heavy (non-hydrogen) atoms. The zero-order chi connectivity index (χ0) is 15.8. The molecule has 0 aliphatic carbocycles. The number of carbonyl (C=O) groups excluding carboxylic acids is 1. The number of benzene rings is 1. The molecule has 3 heteroatoms. The molecule has 1 fully saturated rings. The lowest BCUT2D eigenvalue weighted by Gasteiger charge is -2.26. The molecular weight excluding hydrogens is 274 g/mol. The summed E-state index contributed by atoms with van der Waals surface area (Å²) < 4.78 is 5.31. The SMILES string of the molecule is C=CC(CC1CO1)N(/C=C/CCCC)C(=O)c1ccccc1. The lowest BCUT2D eigenvalue weighted by molar-refractivity contribution is 0.0784. The summed E-state index contributed by atoms with van der Waals surface area (Å²) in [5, 5.41) is 0. The quantitative estimate of drug-likeness (QED) is 0.389. The molecule has 1 aromatic rings. The predicted molar refractivity (Wildman–Crippen MR) is 89.6 cm³/mol. The van der Waals surface area contributed by atoms with Crippen LogP contribution in [0.3, 0.4) is 0 Å². The van der Waals surface area contributed by atoms with Crippen molar-refractivity contribution in [1.82, 2.24) is 4.90 Å².